The summed E-state index contributed by atoms with van der Waals surface area (Å²) >= 11 is 1.65. The van der Waals surface area contributed by atoms with Gasteiger partial charge in [-0.3, -0.25) is 4.79 Å². The van der Waals surface area contributed by atoms with Crippen molar-refractivity contribution in [3.8, 4) is 0 Å². The molecule has 1 aliphatic rings. The molecule has 1 aliphatic carbocycles. The molecule has 0 aliphatic heterocycles. The van der Waals surface area contributed by atoms with Crippen LogP contribution in [-0.4, -0.2) is 34.4 Å². The lowest BCUT2D eigenvalue weighted by Gasteiger charge is -2.24. The van der Waals surface area contributed by atoms with Crippen LogP contribution >= 0.6 is 11.3 Å². The van der Waals surface area contributed by atoms with E-state index in [1.807, 2.05) is 17.5 Å². The van der Waals surface area contributed by atoms with E-state index < -0.39 is 12.2 Å². The number of carbonyl (C=O) groups excluding carboxylic acids is 1. The Morgan fingerprint density at radius 3 is 2.89 bits per heavy atom. The molecular formula is C14H21NO3S. The Kier molecular flexibility index (Phi) is 5.36. The van der Waals surface area contributed by atoms with E-state index in [0.717, 1.165) is 25.7 Å². The maximum Gasteiger partial charge on any atom is 0.220 e. The van der Waals surface area contributed by atoms with Crippen molar-refractivity contribution < 1.29 is 15.0 Å². The quantitative estimate of drug-likeness (QED) is 0.733. The topological polar surface area (TPSA) is 69.6 Å². The molecule has 4 nitrogen and oxygen atoms in total. The SMILES string of the molecule is O=C(CCc1cccs1)N[C@@H]1CCCC[C@@H](O)[C@@H]1O. The highest BCUT2D eigenvalue weighted by Crippen LogP contribution is 2.19. The monoisotopic (exact) mass is 283 g/mol. The number of aliphatic hydroxyl groups excluding tert-OH is 2. The van der Waals surface area contributed by atoms with Crippen LogP contribution in [0.2, 0.25) is 0 Å². The number of carbonyl (C=O) groups is 1. The molecule has 106 valence electrons. The fourth-order valence-electron chi connectivity index (χ4n) is 2.46. The van der Waals surface area contributed by atoms with E-state index >= 15 is 0 Å². The van der Waals surface area contributed by atoms with Crippen LogP contribution in [-0.2, 0) is 11.2 Å². The zero-order valence-electron chi connectivity index (χ0n) is 10.9. The van der Waals surface area contributed by atoms with E-state index in [1.54, 1.807) is 11.3 Å². The van der Waals surface area contributed by atoms with Crippen LogP contribution in [0.15, 0.2) is 17.5 Å². The molecule has 1 aromatic heterocycles. The second kappa shape index (κ2) is 7.03. The summed E-state index contributed by atoms with van der Waals surface area (Å²) in [4.78, 5) is 13.1. The van der Waals surface area contributed by atoms with Gasteiger partial charge in [0.25, 0.3) is 0 Å². The Hall–Kier alpha value is -0.910. The van der Waals surface area contributed by atoms with Crippen molar-refractivity contribution in [1.29, 1.82) is 0 Å². The highest BCUT2D eigenvalue weighted by atomic mass is 32.1. The number of nitrogens with one attached hydrogen (secondary N) is 1. The molecule has 0 spiro atoms. The average molecular weight is 283 g/mol. The lowest BCUT2D eigenvalue weighted by Crippen LogP contribution is -2.47. The van der Waals surface area contributed by atoms with Crippen LogP contribution in [0, 0.1) is 0 Å². The Labute approximate surface area is 117 Å². The second-order valence-corrected chi connectivity index (χ2v) is 6.13. The zero-order chi connectivity index (χ0) is 13.7. The molecule has 1 saturated carbocycles. The third-order valence-electron chi connectivity index (χ3n) is 3.60. The second-order valence-electron chi connectivity index (χ2n) is 5.10. The van der Waals surface area contributed by atoms with Crippen molar-refractivity contribution in [2.24, 2.45) is 0 Å². The highest BCUT2D eigenvalue weighted by Gasteiger charge is 2.29. The fraction of sp³-hybridized carbons (Fsp3) is 0.643. The van der Waals surface area contributed by atoms with Gasteiger partial charge < -0.3 is 15.5 Å². The van der Waals surface area contributed by atoms with Gasteiger partial charge in [-0.25, -0.2) is 0 Å². The van der Waals surface area contributed by atoms with E-state index in [2.05, 4.69) is 5.32 Å². The van der Waals surface area contributed by atoms with Gasteiger partial charge in [-0.15, -0.1) is 11.3 Å². The number of aryl methyl sites for hydroxylation is 1. The molecule has 0 radical (unpaired) electrons. The minimum Gasteiger partial charge on any atom is -0.390 e. The number of hydrogen-bond donors (Lipinski definition) is 3. The minimum atomic E-state index is -0.840. The fourth-order valence-corrected chi connectivity index (χ4v) is 3.16. The van der Waals surface area contributed by atoms with Crippen molar-refractivity contribution in [2.45, 2.75) is 56.8 Å². The van der Waals surface area contributed by atoms with Crippen molar-refractivity contribution in [3.63, 3.8) is 0 Å². The van der Waals surface area contributed by atoms with Crippen LogP contribution in [0.1, 0.15) is 37.0 Å². The largest absolute Gasteiger partial charge is 0.390 e. The molecule has 2 rings (SSSR count). The number of thiophene rings is 1. The molecule has 5 heteroatoms. The standard InChI is InChI=1S/C14H21NO3S/c16-12-6-2-1-5-11(14(12)18)15-13(17)8-7-10-4-3-9-19-10/h3-4,9,11-12,14,16,18H,1-2,5-8H2,(H,15,17)/t11-,12-,14-/m1/s1. The summed E-state index contributed by atoms with van der Waals surface area (Å²) in [5.74, 6) is -0.0495. The normalized spacial score (nSPS) is 27.8. The summed E-state index contributed by atoms with van der Waals surface area (Å²) in [5, 5.41) is 24.5. The molecule has 0 aromatic carbocycles. The molecular weight excluding hydrogens is 262 g/mol. The zero-order valence-corrected chi connectivity index (χ0v) is 11.7. The lowest BCUT2D eigenvalue weighted by molar-refractivity contribution is -0.123. The van der Waals surface area contributed by atoms with E-state index in [9.17, 15) is 15.0 Å². The maximum absolute atomic E-state index is 11.9. The van der Waals surface area contributed by atoms with Crippen molar-refractivity contribution in [1.82, 2.24) is 5.32 Å². The van der Waals surface area contributed by atoms with Gasteiger partial charge in [-0.05, 0) is 30.7 Å². The lowest BCUT2D eigenvalue weighted by atomic mass is 10.0. The first kappa shape index (κ1) is 14.5. The van der Waals surface area contributed by atoms with Crippen LogP contribution in [0.3, 0.4) is 0 Å². The molecule has 3 atom stereocenters. The summed E-state index contributed by atoms with van der Waals surface area (Å²) in [5.41, 5.74) is 0. The van der Waals surface area contributed by atoms with Gasteiger partial charge in [0, 0.05) is 11.3 Å². The molecule has 3 N–H and O–H groups in total. The molecule has 0 saturated heterocycles. The molecule has 0 unspecified atom stereocenters. The van der Waals surface area contributed by atoms with Crippen LogP contribution < -0.4 is 5.32 Å². The highest BCUT2D eigenvalue weighted by molar-refractivity contribution is 7.09. The first-order valence-corrected chi connectivity index (χ1v) is 7.72. The van der Waals surface area contributed by atoms with Crippen LogP contribution in [0.5, 0.6) is 0 Å². The van der Waals surface area contributed by atoms with Gasteiger partial charge in [0.1, 0.15) is 0 Å². The van der Waals surface area contributed by atoms with Crippen molar-refractivity contribution in [3.05, 3.63) is 22.4 Å². The van der Waals surface area contributed by atoms with E-state index in [1.165, 1.54) is 4.88 Å². The maximum atomic E-state index is 11.9. The van der Waals surface area contributed by atoms with Crippen LogP contribution in [0.4, 0.5) is 0 Å². The Morgan fingerprint density at radius 2 is 2.16 bits per heavy atom. The Bertz CT molecular complexity index is 393. The summed E-state index contributed by atoms with van der Waals surface area (Å²) in [6.07, 6.45) is 2.79. The third-order valence-corrected chi connectivity index (χ3v) is 4.53. The first-order chi connectivity index (χ1) is 9.16. The van der Waals surface area contributed by atoms with E-state index in [-0.39, 0.29) is 11.9 Å². The van der Waals surface area contributed by atoms with Gasteiger partial charge in [0.15, 0.2) is 0 Å². The average Bonchev–Trinajstić information content (AvgIpc) is 2.87. The summed E-state index contributed by atoms with van der Waals surface area (Å²) in [7, 11) is 0. The first-order valence-electron chi connectivity index (χ1n) is 6.84. The van der Waals surface area contributed by atoms with Crippen molar-refractivity contribution in [2.75, 3.05) is 0 Å². The van der Waals surface area contributed by atoms with Gasteiger partial charge in [0.2, 0.25) is 5.91 Å². The van der Waals surface area contributed by atoms with Gasteiger partial charge in [-0.2, -0.15) is 0 Å². The van der Waals surface area contributed by atoms with Gasteiger partial charge >= 0.3 is 0 Å². The minimum absolute atomic E-state index is 0.0495. The molecule has 1 heterocycles. The number of aliphatic hydroxyl groups is 2. The summed E-state index contributed by atoms with van der Waals surface area (Å²) in [6.45, 7) is 0. The van der Waals surface area contributed by atoms with E-state index in [4.69, 9.17) is 0 Å². The smallest absolute Gasteiger partial charge is 0.220 e. The van der Waals surface area contributed by atoms with Gasteiger partial charge in [0.05, 0.1) is 18.2 Å². The van der Waals surface area contributed by atoms with Crippen LogP contribution in [0.25, 0.3) is 0 Å². The molecule has 1 aromatic rings. The number of rotatable bonds is 4. The predicted octanol–water partition coefficient (Wildman–Crippen LogP) is 1.46. The number of hydrogen-bond acceptors (Lipinski definition) is 4. The molecule has 1 fully saturated rings. The molecule has 0 bridgehead atoms. The summed E-state index contributed by atoms with van der Waals surface area (Å²) < 4.78 is 0. The number of amides is 1. The predicted molar refractivity (Wildman–Crippen MR) is 75.1 cm³/mol. The van der Waals surface area contributed by atoms with E-state index in [0.29, 0.717) is 12.8 Å². The Morgan fingerprint density at radius 1 is 1.37 bits per heavy atom. The van der Waals surface area contributed by atoms with Gasteiger partial charge in [-0.1, -0.05) is 18.9 Å². The summed E-state index contributed by atoms with van der Waals surface area (Å²) in [6, 6.07) is 3.68. The molecule has 19 heavy (non-hydrogen) atoms. The Balaban J connectivity index is 1.80. The molecule has 1 amide bonds. The van der Waals surface area contributed by atoms with Crippen molar-refractivity contribution >= 4 is 17.2 Å². The third kappa shape index (κ3) is 4.30.